The van der Waals surface area contributed by atoms with Crippen LogP contribution in [-0.2, 0) is 12.8 Å². The first-order chi connectivity index (χ1) is 7.86. The lowest BCUT2D eigenvalue weighted by Crippen LogP contribution is -2.37. The summed E-state index contributed by atoms with van der Waals surface area (Å²) >= 11 is 0. The van der Waals surface area contributed by atoms with Gasteiger partial charge in [0.05, 0.1) is 25.0 Å². The second-order valence-corrected chi connectivity index (χ2v) is 4.16. The monoisotopic (exact) mass is 217 g/mol. The van der Waals surface area contributed by atoms with E-state index in [0.29, 0.717) is 0 Å². The number of hydrogen-bond acceptors (Lipinski definition) is 2. The summed E-state index contributed by atoms with van der Waals surface area (Å²) in [7, 11) is 0. The number of aromatic nitrogens is 2. The Morgan fingerprint density at radius 3 is 2.62 bits per heavy atom. The third-order valence-electron chi connectivity index (χ3n) is 2.99. The normalized spacial score (nSPS) is 14.2. The van der Waals surface area contributed by atoms with Crippen molar-refractivity contribution >= 4 is 0 Å². The van der Waals surface area contributed by atoms with Crippen molar-refractivity contribution in [2.75, 3.05) is 18.1 Å². The summed E-state index contributed by atoms with van der Waals surface area (Å²) in [6, 6.07) is 0. The fourth-order valence-electron chi connectivity index (χ4n) is 2.25. The topological polar surface area (TPSA) is 21.1 Å². The third kappa shape index (κ3) is 2.03. The van der Waals surface area contributed by atoms with Gasteiger partial charge < -0.3 is 0 Å². The van der Waals surface area contributed by atoms with E-state index in [4.69, 9.17) is 0 Å². The Hall–Kier alpha value is -1.51. The van der Waals surface area contributed by atoms with E-state index < -0.39 is 0 Å². The summed E-state index contributed by atoms with van der Waals surface area (Å²) < 4.78 is 0. The van der Waals surface area contributed by atoms with Crippen molar-refractivity contribution in [1.82, 2.24) is 9.89 Å². The maximum atomic E-state index is 4.48. The molecule has 0 spiro atoms. The predicted molar refractivity (Wildman–Crippen MR) is 67.2 cm³/mol. The summed E-state index contributed by atoms with van der Waals surface area (Å²) in [6.07, 6.45) is 10.7. The van der Waals surface area contributed by atoms with E-state index >= 15 is 0 Å². The first-order valence-corrected chi connectivity index (χ1v) is 5.89. The molecule has 0 aliphatic heterocycles. The highest BCUT2D eigenvalue weighted by Crippen LogP contribution is 2.20. The van der Waals surface area contributed by atoms with Crippen LogP contribution in [0.15, 0.2) is 31.5 Å². The Morgan fingerprint density at radius 1 is 1.25 bits per heavy atom. The number of nitrogens with zero attached hydrogens (tertiary/aromatic N) is 3. The van der Waals surface area contributed by atoms with E-state index in [-0.39, 0.29) is 0 Å². The second-order valence-electron chi connectivity index (χ2n) is 4.16. The quantitative estimate of drug-likeness (QED) is 0.704. The largest absolute Gasteiger partial charge is 0.289 e. The van der Waals surface area contributed by atoms with Crippen molar-refractivity contribution in [3.05, 3.63) is 42.8 Å². The van der Waals surface area contributed by atoms with Crippen molar-refractivity contribution in [2.45, 2.75) is 25.7 Å². The average Bonchev–Trinajstić information content (AvgIpc) is 2.72. The zero-order valence-electron chi connectivity index (χ0n) is 9.73. The van der Waals surface area contributed by atoms with E-state index in [1.54, 1.807) is 0 Å². The summed E-state index contributed by atoms with van der Waals surface area (Å²) in [4.78, 5) is 2.04. The van der Waals surface area contributed by atoms with Gasteiger partial charge >= 0.3 is 0 Å². The average molecular weight is 217 g/mol. The lowest BCUT2D eigenvalue weighted by atomic mass is 9.98. The highest BCUT2D eigenvalue weighted by molar-refractivity contribution is 5.22. The van der Waals surface area contributed by atoms with Crippen LogP contribution in [0.4, 0.5) is 0 Å². The highest BCUT2D eigenvalue weighted by Gasteiger charge is 2.17. The van der Waals surface area contributed by atoms with Crippen molar-refractivity contribution in [3.63, 3.8) is 0 Å². The maximum absolute atomic E-state index is 4.48. The van der Waals surface area contributed by atoms with Crippen molar-refractivity contribution < 1.29 is 0 Å². The van der Waals surface area contributed by atoms with Crippen LogP contribution in [-0.4, -0.2) is 23.0 Å². The molecule has 0 saturated carbocycles. The molecular formula is C13H19N3. The van der Waals surface area contributed by atoms with Gasteiger partial charge in [0.25, 0.3) is 0 Å². The van der Waals surface area contributed by atoms with Gasteiger partial charge in [0, 0.05) is 0 Å². The molecule has 0 saturated heterocycles. The first-order valence-electron chi connectivity index (χ1n) is 5.89. The van der Waals surface area contributed by atoms with Crippen molar-refractivity contribution in [2.24, 2.45) is 0 Å². The Balaban J connectivity index is 2.26. The van der Waals surface area contributed by atoms with E-state index in [1.165, 1.54) is 30.5 Å². The molecule has 1 aromatic heterocycles. The molecular weight excluding hydrogens is 198 g/mol. The van der Waals surface area contributed by atoms with Gasteiger partial charge in [-0.25, -0.2) is 0 Å². The van der Waals surface area contributed by atoms with Crippen LogP contribution in [0.3, 0.4) is 0 Å². The third-order valence-corrected chi connectivity index (χ3v) is 2.99. The Morgan fingerprint density at radius 2 is 1.94 bits per heavy atom. The van der Waals surface area contributed by atoms with Gasteiger partial charge in [-0.15, -0.1) is 13.2 Å². The minimum atomic E-state index is 0.806. The van der Waals surface area contributed by atoms with Gasteiger partial charge in [0.15, 0.2) is 0 Å². The molecule has 0 radical (unpaired) electrons. The molecule has 1 aliphatic carbocycles. The SMILES string of the molecule is C=CCN(CC=C)n1ncc2c1CCCC2. The highest BCUT2D eigenvalue weighted by atomic mass is 15.7. The molecule has 86 valence electrons. The maximum Gasteiger partial charge on any atom is 0.0654 e. The van der Waals surface area contributed by atoms with Gasteiger partial charge in [0.2, 0.25) is 0 Å². The number of fused-ring (bicyclic) bond motifs is 1. The zero-order valence-corrected chi connectivity index (χ0v) is 9.73. The Labute approximate surface area is 97.0 Å². The molecule has 3 nitrogen and oxygen atoms in total. The Kier molecular flexibility index (Phi) is 3.44. The lowest BCUT2D eigenvalue weighted by Gasteiger charge is -2.25. The molecule has 0 aromatic carbocycles. The van der Waals surface area contributed by atoms with Crippen LogP contribution in [0, 0.1) is 0 Å². The molecule has 1 heterocycles. The fraction of sp³-hybridized carbons (Fsp3) is 0.462. The summed E-state index contributed by atoms with van der Waals surface area (Å²) in [5, 5.41) is 6.64. The molecule has 2 rings (SSSR count). The number of aryl methyl sites for hydroxylation is 1. The summed E-state index contributed by atoms with van der Waals surface area (Å²) in [5.74, 6) is 0. The molecule has 3 heteroatoms. The van der Waals surface area contributed by atoms with E-state index in [1.807, 2.05) is 23.1 Å². The smallest absolute Gasteiger partial charge is 0.0654 e. The van der Waals surface area contributed by atoms with E-state index in [2.05, 4.69) is 23.3 Å². The fourth-order valence-corrected chi connectivity index (χ4v) is 2.25. The van der Waals surface area contributed by atoms with Gasteiger partial charge in [0.1, 0.15) is 0 Å². The van der Waals surface area contributed by atoms with Crippen molar-refractivity contribution in [3.8, 4) is 0 Å². The molecule has 0 fully saturated rings. The Bertz CT molecular complexity index is 369. The predicted octanol–water partition coefficient (Wildman–Crippen LogP) is 2.07. The second kappa shape index (κ2) is 5.01. The standard InChI is InChI=1S/C13H19N3/c1-3-9-15(10-4-2)16-13-8-6-5-7-12(13)11-14-16/h3-4,11H,1-2,5-10H2. The summed E-state index contributed by atoms with van der Waals surface area (Å²) in [6.45, 7) is 9.19. The zero-order chi connectivity index (χ0) is 11.4. The van der Waals surface area contributed by atoms with E-state index in [0.717, 1.165) is 19.5 Å². The van der Waals surface area contributed by atoms with Crippen molar-refractivity contribution in [1.29, 1.82) is 0 Å². The van der Waals surface area contributed by atoms with Crippen LogP contribution in [0.5, 0.6) is 0 Å². The van der Waals surface area contributed by atoms with Crippen LogP contribution in [0.2, 0.25) is 0 Å². The molecule has 0 N–H and O–H groups in total. The van der Waals surface area contributed by atoms with Gasteiger partial charge in [-0.1, -0.05) is 12.2 Å². The molecule has 0 atom stereocenters. The molecule has 0 unspecified atom stereocenters. The first kappa shape index (κ1) is 11.0. The van der Waals surface area contributed by atoms with Crippen LogP contribution in [0.1, 0.15) is 24.1 Å². The number of hydrogen-bond donors (Lipinski definition) is 0. The van der Waals surface area contributed by atoms with E-state index in [9.17, 15) is 0 Å². The molecule has 16 heavy (non-hydrogen) atoms. The van der Waals surface area contributed by atoms with Crippen LogP contribution in [0.25, 0.3) is 0 Å². The van der Waals surface area contributed by atoms with Gasteiger partial charge in [-0.2, -0.15) is 9.89 Å². The number of rotatable bonds is 5. The lowest BCUT2D eigenvalue weighted by molar-refractivity contribution is 0.538. The minimum absolute atomic E-state index is 0.806. The minimum Gasteiger partial charge on any atom is -0.289 e. The molecule has 0 bridgehead atoms. The summed E-state index contributed by atoms with van der Waals surface area (Å²) in [5.41, 5.74) is 2.78. The molecule has 0 amide bonds. The van der Waals surface area contributed by atoms with Crippen LogP contribution < -0.4 is 5.01 Å². The van der Waals surface area contributed by atoms with Gasteiger partial charge in [-0.3, -0.25) is 5.01 Å². The van der Waals surface area contributed by atoms with Gasteiger partial charge in [-0.05, 0) is 31.2 Å². The van der Waals surface area contributed by atoms with Crippen LogP contribution >= 0.6 is 0 Å². The molecule has 1 aromatic rings. The molecule has 1 aliphatic rings.